The van der Waals surface area contributed by atoms with Gasteiger partial charge in [0, 0.05) is 25.2 Å². The molecular formula is C43H59NO14. The first-order valence-corrected chi connectivity index (χ1v) is 19.5. The third kappa shape index (κ3) is 17.8. The Balaban J connectivity index is 2.01. The van der Waals surface area contributed by atoms with Crippen LogP contribution in [0.4, 0.5) is 4.79 Å². The van der Waals surface area contributed by atoms with Crippen molar-refractivity contribution in [1.29, 1.82) is 0 Å². The zero-order valence-electron chi connectivity index (χ0n) is 35.6. The molecule has 15 heteroatoms. The van der Waals surface area contributed by atoms with Gasteiger partial charge in [-0.1, -0.05) is 55.4 Å². The van der Waals surface area contributed by atoms with Gasteiger partial charge in [-0.2, -0.15) is 0 Å². The number of nitrogens with zero attached hydrogens (tertiary/aromatic N) is 1. The molecule has 2 rings (SSSR count). The predicted octanol–water partition coefficient (Wildman–Crippen LogP) is 7.74. The normalized spacial score (nSPS) is 11.3. The molecule has 58 heavy (non-hydrogen) atoms. The van der Waals surface area contributed by atoms with Crippen LogP contribution in [0.15, 0.2) is 36.4 Å². The Bertz CT molecular complexity index is 1560. The molecule has 0 atom stereocenters. The topological polar surface area (TPSA) is 187 Å². The van der Waals surface area contributed by atoms with Crippen molar-refractivity contribution in [3.8, 4) is 23.0 Å². The Morgan fingerprint density at radius 3 is 1.03 bits per heavy atom. The number of rotatable bonds is 20. The van der Waals surface area contributed by atoms with Crippen LogP contribution in [0.5, 0.6) is 23.0 Å². The van der Waals surface area contributed by atoms with Gasteiger partial charge in [-0.3, -0.25) is 19.2 Å². The molecule has 15 nitrogen and oxygen atoms in total. The van der Waals surface area contributed by atoms with Crippen molar-refractivity contribution in [2.24, 2.45) is 23.7 Å². The van der Waals surface area contributed by atoms with Gasteiger partial charge >= 0.3 is 41.9 Å². The maximum absolute atomic E-state index is 13.1. The molecule has 0 aliphatic carbocycles. The van der Waals surface area contributed by atoms with Crippen molar-refractivity contribution in [3.63, 3.8) is 0 Å². The first-order chi connectivity index (χ1) is 27.1. The van der Waals surface area contributed by atoms with Gasteiger partial charge in [-0.05, 0) is 70.7 Å². The van der Waals surface area contributed by atoms with E-state index in [1.807, 2.05) is 0 Å². The van der Waals surface area contributed by atoms with E-state index < -0.39 is 71.2 Å². The van der Waals surface area contributed by atoms with E-state index in [1.54, 1.807) is 76.2 Å². The highest BCUT2D eigenvalue weighted by atomic mass is 16.6. The van der Waals surface area contributed by atoms with E-state index in [4.69, 9.17) is 33.2 Å². The second-order valence-corrected chi connectivity index (χ2v) is 15.8. The molecule has 2 aromatic rings. The van der Waals surface area contributed by atoms with Crippen LogP contribution in [-0.4, -0.2) is 78.7 Å². The summed E-state index contributed by atoms with van der Waals surface area (Å²) >= 11 is 0. The van der Waals surface area contributed by atoms with Crippen LogP contribution in [0.3, 0.4) is 0 Å². The molecule has 2 aromatic carbocycles. The van der Waals surface area contributed by atoms with Crippen LogP contribution in [0, 0.1) is 23.7 Å². The van der Waals surface area contributed by atoms with E-state index in [1.165, 1.54) is 41.3 Å². The smallest absolute Gasteiger partial charge is 0.410 e. The van der Waals surface area contributed by atoms with E-state index in [0.717, 1.165) is 0 Å². The van der Waals surface area contributed by atoms with Crippen LogP contribution in [-0.2, 0) is 33.4 Å². The van der Waals surface area contributed by atoms with Gasteiger partial charge in [-0.15, -0.1) is 0 Å². The molecule has 0 aliphatic rings. The number of ether oxygens (including phenoxy) is 7. The summed E-state index contributed by atoms with van der Waals surface area (Å²) in [4.78, 5) is 89.4. The minimum Gasteiger partial charge on any atom is -0.462 e. The maximum Gasteiger partial charge on any atom is 0.410 e. The highest BCUT2D eigenvalue weighted by Gasteiger charge is 2.23. The highest BCUT2D eigenvalue weighted by molar-refractivity contribution is 5.92. The van der Waals surface area contributed by atoms with Gasteiger partial charge in [0.15, 0.2) is 0 Å². The fourth-order valence-electron chi connectivity index (χ4n) is 4.48. The highest BCUT2D eigenvalue weighted by Crippen LogP contribution is 2.27. The zero-order valence-corrected chi connectivity index (χ0v) is 35.6. The molecule has 0 radical (unpaired) electrons. The number of esters is 6. The molecule has 0 heterocycles. The molecule has 0 bridgehead atoms. The number of unbranched alkanes of at least 4 members (excludes halogenated alkanes) is 2. The lowest BCUT2D eigenvalue weighted by molar-refractivity contribution is -0.139. The minimum atomic E-state index is -0.749. The van der Waals surface area contributed by atoms with Gasteiger partial charge in [-0.25, -0.2) is 14.4 Å². The van der Waals surface area contributed by atoms with Gasteiger partial charge in [0.1, 0.15) is 28.6 Å². The Morgan fingerprint density at radius 2 is 0.776 bits per heavy atom. The lowest BCUT2D eigenvalue weighted by Gasteiger charge is -2.27. The summed E-state index contributed by atoms with van der Waals surface area (Å²) in [5, 5.41) is 0. The van der Waals surface area contributed by atoms with Gasteiger partial charge < -0.3 is 38.1 Å². The summed E-state index contributed by atoms with van der Waals surface area (Å²) in [7, 11) is 0. The van der Waals surface area contributed by atoms with Crippen molar-refractivity contribution in [2.75, 3.05) is 26.3 Å². The monoisotopic (exact) mass is 813 g/mol. The molecule has 0 aromatic heterocycles. The van der Waals surface area contributed by atoms with E-state index >= 15 is 0 Å². The standard InChI is InChI=1S/C43H59NO14/c1-26(2)36(45)54-32-20-30(21-33(24-32)55-37(46)27(3)4)40(49)52-18-14-12-16-44(42(51)58-43(9,10)11)17-13-15-19-53-41(50)31-22-34(56-38(47)28(5)6)25-35(23-31)57-39(48)29(7)8/h20-29H,12-19H2,1-11H3. The Kier molecular flexibility index (Phi) is 19.4. The quantitative estimate of drug-likeness (QED) is 0.0546. The fourth-order valence-corrected chi connectivity index (χ4v) is 4.48. The molecule has 1 amide bonds. The summed E-state index contributed by atoms with van der Waals surface area (Å²) in [6, 6.07) is 8.04. The number of benzene rings is 2. The first-order valence-electron chi connectivity index (χ1n) is 19.5. The molecule has 0 saturated carbocycles. The van der Waals surface area contributed by atoms with Crippen molar-refractivity contribution >= 4 is 41.9 Å². The number of amides is 1. The van der Waals surface area contributed by atoms with Gasteiger partial charge in [0.25, 0.3) is 0 Å². The SMILES string of the molecule is CC(C)C(=O)Oc1cc(OC(=O)C(C)C)cc(C(=O)OCCCCN(CCCCOC(=O)c2cc(OC(=O)C(C)C)cc(OC(=O)C(C)C)c2)C(=O)OC(C)(C)C)c1. The van der Waals surface area contributed by atoms with E-state index in [0.29, 0.717) is 25.7 Å². The molecule has 0 N–H and O–H groups in total. The average molecular weight is 814 g/mol. The summed E-state index contributed by atoms with van der Waals surface area (Å²) < 4.78 is 37.9. The molecule has 0 spiro atoms. The molecule has 0 fully saturated rings. The molecule has 320 valence electrons. The van der Waals surface area contributed by atoms with Crippen LogP contribution < -0.4 is 18.9 Å². The maximum atomic E-state index is 13.1. The molecule has 0 saturated heterocycles. The average Bonchev–Trinajstić information content (AvgIpc) is 3.12. The van der Waals surface area contributed by atoms with Crippen molar-refractivity contribution in [3.05, 3.63) is 47.5 Å². The third-order valence-electron chi connectivity index (χ3n) is 7.75. The largest absolute Gasteiger partial charge is 0.462 e. The Morgan fingerprint density at radius 1 is 0.483 bits per heavy atom. The van der Waals surface area contributed by atoms with E-state index in [-0.39, 0.29) is 60.4 Å². The second-order valence-electron chi connectivity index (χ2n) is 15.8. The zero-order chi connectivity index (χ0) is 43.7. The number of carbonyl (C=O) groups excluding carboxylic acids is 7. The Labute approximate surface area is 340 Å². The van der Waals surface area contributed by atoms with Crippen LogP contribution in [0.2, 0.25) is 0 Å². The van der Waals surface area contributed by atoms with Crippen LogP contribution in [0.25, 0.3) is 0 Å². The summed E-state index contributed by atoms with van der Waals surface area (Å²) in [5.41, 5.74) is -0.704. The third-order valence-corrected chi connectivity index (χ3v) is 7.75. The number of hydrogen-bond donors (Lipinski definition) is 0. The summed E-state index contributed by atoms with van der Waals surface area (Å²) in [6.45, 7) is 19.1. The summed E-state index contributed by atoms with van der Waals surface area (Å²) in [6.07, 6.45) is 1.15. The Hall–Kier alpha value is -5.47. The van der Waals surface area contributed by atoms with Crippen LogP contribution in [0.1, 0.15) is 123 Å². The van der Waals surface area contributed by atoms with Crippen molar-refractivity contribution in [1.82, 2.24) is 4.90 Å². The number of carbonyl (C=O) groups is 7. The molecular weight excluding hydrogens is 754 g/mol. The lowest BCUT2D eigenvalue weighted by Crippen LogP contribution is -2.38. The van der Waals surface area contributed by atoms with Gasteiger partial charge in [0.2, 0.25) is 0 Å². The number of hydrogen-bond acceptors (Lipinski definition) is 14. The van der Waals surface area contributed by atoms with Gasteiger partial charge in [0.05, 0.1) is 48.0 Å². The lowest BCUT2D eigenvalue weighted by atomic mass is 10.2. The first kappa shape index (κ1) is 48.7. The molecule has 0 unspecified atom stereocenters. The van der Waals surface area contributed by atoms with E-state index in [2.05, 4.69) is 0 Å². The predicted molar refractivity (Wildman–Crippen MR) is 212 cm³/mol. The fraction of sp³-hybridized carbons (Fsp3) is 0.558. The van der Waals surface area contributed by atoms with Crippen LogP contribution >= 0.6 is 0 Å². The second kappa shape index (κ2) is 23.1. The van der Waals surface area contributed by atoms with E-state index in [9.17, 15) is 33.6 Å². The molecule has 0 aliphatic heterocycles. The van der Waals surface area contributed by atoms with Crippen molar-refractivity contribution in [2.45, 2.75) is 107 Å². The summed E-state index contributed by atoms with van der Waals surface area (Å²) in [5.74, 6) is -5.21. The van der Waals surface area contributed by atoms with Crippen molar-refractivity contribution < 1.29 is 66.7 Å². The minimum absolute atomic E-state index is 0.00429.